The van der Waals surface area contributed by atoms with Crippen molar-refractivity contribution < 1.29 is 28.7 Å². The van der Waals surface area contributed by atoms with Gasteiger partial charge < -0.3 is 26.0 Å². The average molecular weight is 547 g/mol. The van der Waals surface area contributed by atoms with Gasteiger partial charge in [-0.15, -0.1) is 6.58 Å². The van der Waals surface area contributed by atoms with Crippen LogP contribution in [0.4, 0.5) is 0 Å². The highest BCUT2D eigenvalue weighted by Gasteiger charge is 2.37. The average Bonchev–Trinajstić information content (AvgIpc) is 2.95. The molecule has 2 saturated heterocycles. The SMILES string of the molecule is C=CCCS.CC(C)C1NC(=O)C2NC(=O)[C@@H](CSC2C)NC(=O)CNC(=O)CCOC1=O.CCC. The Hall–Kier alpha value is -2.21. The number of hydrogen-bond acceptors (Lipinski definition) is 8. The van der Waals surface area contributed by atoms with Gasteiger partial charge in [0.1, 0.15) is 24.7 Å². The number of esters is 1. The quantitative estimate of drug-likeness (QED) is 0.203. The van der Waals surface area contributed by atoms with Crippen molar-refractivity contribution in [2.75, 3.05) is 24.7 Å². The lowest BCUT2D eigenvalue weighted by Gasteiger charge is -2.26. The highest BCUT2D eigenvalue weighted by Crippen LogP contribution is 2.20. The van der Waals surface area contributed by atoms with Gasteiger partial charge in [-0.25, -0.2) is 4.79 Å². The van der Waals surface area contributed by atoms with Crippen LogP contribution in [0, 0.1) is 5.92 Å². The molecule has 4 atom stereocenters. The van der Waals surface area contributed by atoms with Crippen molar-refractivity contribution in [3.8, 4) is 0 Å². The van der Waals surface area contributed by atoms with E-state index in [0.717, 1.165) is 12.2 Å². The van der Waals surface area contributed by atoms with E-state index in [0.29, 0.717) is 0 Å². The number of hydrogen-bond donors (Lipinski definition) is 5. The molecule has 10 nitrogen and oxygen atoms in total. The summed E-state index contributed by atoms with van der Waals surface area (Å²) in [6.45, 7) is 12.6. The third kappa shape index (κ3) is 13.2. The van der Waals surface area contributed by atoms with Gasteiger partial charge in [0.25, 0.3) is 0 Å². The van der Waals surface area contributed by atoms with E-state index in [1.54, 1.807) is 20.8 Å². The van der Waals surface area contributed by atoms with Crippen LogP contribution >= 0.6 is 24.4 Å². The predicted octanol–water partition coefficient (Wildman–Crippen LogP) is 1.20. The van der Waals surface area contributed by atoms with Crippen LogP contribution in [0.1, 0.15) is 53.9 Å². The van der Waals surface area contributed by atoms with Crippen LogP contribution in [0.25, 0.3) is 0 Å². The van der Waals surface area contributed by atoms with Crippen molar-refractivity contribution in [3.63, 3.8) is 0 Å². The monoisotopic (exact) mass is 546 g/mol. The molecule has 0 aromatic heterocycles. The number of thioether (sulfide) groups is 1. The molecule has 3 unspecified atom stereocenters. The summed E-state index contributed by atoms with van der Waals surface area (Å²) in [5.74, 6) is -1.68. The first kappa shape index (κ1) is 33.8. The van der Waals surface area contributed by atoms with Crippen LogP contribution in [-0.4, -0.2) is 77.6 Å². The molecule has 0 radical (unpaired) electrons. The summed E-state index contributed by atoms with van der Waals surface area (Å²) in [5, 5.41) is 9.99. The molecule has 0 aliphatic carbocycles. The molecule has 0 aromatic rings. The minimum absolute atomic E-state index is 0.114. The molecule has 206 valence electrons. The molecule has 2 rings (SSSR count). The molecule has 36 heavy (non-hydrogen) atoms. The molecule has 0 spiro atoms. The number of rotatable bonds is 3. The maximum Gasteiger partial charge on any atom is 0.328 e. The Labute approximate surface area is 224 Å². The zero-order valence-electron chi connectivity index (χ0n) is 21.9. The van der Waals surface area contributed by atoms with E-state index >= 15 is 0 Å². The highest BCUT2D eigenvalue weighted by molar-refractivity contribution is 8.00. The van der Waals surface area contributed by atoms with E-state index in [4.69, 9.17) is 4.74 Å². The van der Waals surface area contributed by atoms with Crippen molar-refractivity contribution in [2.24, 2.45) is 5.92 Å². The Bertz CT molecular complexity index is 750. The lowest BCUT2D eigenvalue weighted by Crippen LogP contribution is -2.58. The minimum Gasteiger partial charge on any atom is -0.464 e. The molecule has 2 heterocycles. The zero-order valence-corrected chi connectivity index (χ0v) is 23.6. The Kier molecular flexibility index (Phi) is 17.8. The fourth-order valence-electron chi connectivity index (χ4n) is 2.86. The van der Waals surface area contributed by atoms with Gasteiger partial charge in [-0.05, 0) is 18.1 Å². The van der Waals surface area contributed by atoms with Crippen molar-refractivity contribution in [2.45, 2.75) is 77.3 Å². The van der Waals surface area contributed by atoms with E-state index in [9.17, 15) is 24.0 Å². The van der Waals surface area contributed by atoms with Crippen LogP contribution in [-0.2, 0) is 28.7 Å². The number of fused-ring (bicyclic) bond motifs is 3. The van der Waals surface area contributed by atoms with Crippen LogP contribution in [0.15, 0.2) is 12.7 Å². The molecule has 2 aliphatic heterocycles. The molecule has 12 heteroatoms. The summed E-state index contributed by atoms with van der Waals surface area (Å²) < 4.78 is 5.11. The van der Waals surface area contributed by atoms with Crippen LogP contribution in [0.3, 0.4) is 0 Å². The van der Waals surface area contributed by atoms with Gasteiger partial charge >= 0.3 is 5.97 Å². The fourth-order valence-corrected chi connectivity index (χ4v) is 4.15. The van der Waals surface area contributed by atoms with E-state index < -0.39 is 47.7 Å². The standard InChI is InChI=1S/C17H26N4O6S.C4H8S.C3H8/c1-8(2)13-17(26)27-5-4-11(22)18-6-12(23)19-10-7-28-9(3)14(16(25)20-13)21-15(10)24;1-2-3-4-5;1-3-2/h8-10,13-14H,4-7H2,1-3H3,(H,18,22)(H,19,23)(H,20,25)(H,21,24);2,5H,1,3-4H2;3H2,1-2H3/t9?,10-,13?,14?;;/m1../s1. The van der Waals surface area contributed by atoms with Gasteiger partial charge in [0.15, 0.2) is 0 Å². The number of amides is 4. The third-order valence-corrected chi connectivity index (χ3v) is 6.38. The molecule has 4 amide bonds. The molecule has 2 fully saturated rings. The number of allylic oxidation sites excluding steroid dienone is 1. The minimum atomic E-state index is -0.906. The number of thiol groups is 1. The number of nitrogens with one attached hydrogen (secondary N) is 4. The Morgan fingerprint density at radius 1 is 1.08 bits per heavy atom. The summed E-state index contributed by atoms with van der Waals surface area (Å²) >= 11 is 5.28. The van der Waals surface area contributed by atoms with E-state index in [2.05, 4.69) is 54.3 Å². The second-order valence-electron chi connectivity index (χ2n) is 8.58. The lowest BCUT2D eigenvalue weighted by atomic mass is 10.0. The number of carbonyl (C=O) groups is 5. The molecule has 4 N–H and O–H groups in total. The van der Waals surface area contributed by atoms with Crippen LogP contribution < -0.4 is 21.3 Å². The lowest BCUT2D eigenvalue weighted by molar-refractivity contribution is -0.150. The number of cyclic esters (lactones) is 1. The smallest absolute Gasteiger partial charge is 0.328 e. The summed E-state index contributed by atoms with van der Waals surface area (Å²) in [6, 6.07) is -2.59. The van der Waals surface area contributed by atoms with Crippen LogP contribution in [0.5, 0.6) is 0 Å². The normalized spacial score (nSPS) is 25.4. The Morgan fingerprint density at radius 2 is 1.72 bits per heavy atom. The fraction of sp³-hybridized carbons (Fsp3) is 0.708. The van der Waals surface area contributed by atoms with Gasteiger partial charge in [-0.1, -0.05) is 47.1 Å². The molecular formula is C24H42N4O6S2. The largest absolute Gasteiger partial charge is 0.464 e. The maximum absolute atomic E-state index is 12.7. The summed E-state index contributed by atoms with van der Waals surface area (Å²) in [7, 11) is 0. The van der Waals surface area contributed by atoms with Gasteiger partial charge in [-0.2, -0.15) is 24.4 Å². The summed E-state index contributed by atoms with van der Waals surface area (Å²) in [5.41, 5.74) is 0. The second kappa shape index (κ2) is 19.0. The van der Waals surface area contributed by atoms with Crippen LogP contribution in [0.2, 0.25) is 0 Å². The van der Waals surface area contributed by atoms with E-state index in [-0.39, 0.29) is 36.5 Å². The van der Waals surface area contributed by atoms with Gasteiger partial charge in [0, 0.05) is 11.0 Å². The predicted molar refractivity (Wildman–Crippen MR) is 146 cm³/mol. The molecule has 0 saturated carbocycles. The molecule has 0 aromatic carbocycles. The number of carbonyl (C=O) groups excluding carboxylic acids is 5. The zero-order chi connectivity index (χ0) is 27.7. The first-order chi connectivity index (χ1) is 17.0. The van der Waals surface area contributed by atoms with Gasteiger partial charge in [0.2, 0.25) is 23.6 Å². The Morgan fingerprint density at radius 3 is 2.25 bits per heavy atom. The molecular weight excluding hydrogens is 504 g/mol. The maximum atomic E-state index is 12.7. The number of ether oxygens (including phenoxy) is 1. The first-order valence-corrected chi connectivity index (χ1v) is 13.9. The van der Waals surface area contributed by atoms with E-state index in [1.807, 2.05) is 6.08 Å². The highest BCUT2D eigenvalue weighted by atomic mass is 32.2. The van der Waals surface area contributed by atoms with Crippen molar-refractivity contribution in [1.82, 2.24) is 21.3 Å². The summed E-state index contributed by atoms with van der Waals surface area (Å²) in [4.78, 5) is 61.3. The Balaban J connectivity index is 0.00000134. The molecule has 2 bridgehead atoms. The third-order valence-electron chi connectivity index (χ3n) is 4.80. The topological polar surface area (TPSA) is 143 Å². The van der Waals surface area contributed by atoms with E-state index in [1.165, 1.54) is 18.2 Å². The van der Waals surface area contributed by atoms with Gasteiger partial charge in [-0.3, -0.25) is 19.2 Å². The molecule has 2 aliphatic rings. The van der Waals surface area contributed by atoms with Gasteiger partial charge in [0.05, 0.1) is 13.0 Å². The van der Waals surface area contributed by atoms with Crippen molar-refractivity contribution in [1.29, 1.82) is 0 Å². The second-order valence-corrected chi connectivity index (χ2v) is 10.4. The van der Waals surface area contributed by atoms with Crippen molar-refractivity contribution in [3.05, 3.63) is 12.7 Å². The first-order valence-electron chi connectivity index (χ1n) is 12.2. The summed E-state index contributed by atoms with van der Waals surface area (Å²) in [6.07, 6.45) is 4.01. The van der Waals surface area contributed by atoms with Crippen molar-refractivity contribution >= 4 is 54.0 Å².